The van der Waals surface area contributed by atoms with Gasteiger partial charge in [0.1, 0.15) is 11.3 Å². The van der Waals surface area contributed by atoms with Gasteiger partial charge in [0.15, 0.2) is 17.1 Å². The molecule has 4 aromatic rings. The van der Waals surface area contributed by atoms with Gasteiger partial charge in [-0.15, -0.1) is 0 Å². The molecule has 6 rings (SSSR count). The predicted molar refractivity (Wildman–Crippen MR) is 128 cm³/mol. The van der Waals surface area contributed by atoms with Gasteiger partial charge in [-0.1, -0.05) is 0 Å². The number of nitrogens with zero attached hydrogens (tertiary/aromatic N) is 7. The Kier molecular flexibility index (Phi) is 5.36. The molecule has 2 aliphatic rings. The van der Waals surface area contributed by atoms with Crippen LogP contribution in [0, 0.1) is 0 Å². The second-order valence-electron chi connectivity index (χ2n) is 8.72. The maximum absolute atomic E-state index is 11.9. The molecule has 12 nitrogen and oxygen atoms in total. The molecule has 1 aromatic carbocycles. The number of amides is 1. The Hall–Kier alpha value is -3.93. The van der Waals surface area contributed by atoms with Gasteiger partial charge in [-0.2, -0.15) is 10.1 Å². The number of fused-ring (bicyclic) bond motifs is 2. The average molecular weight is 479 g/mol. The van der Waals surface area contributed by atoms with Crippen LogP contribution in [0.15, 0.2) is 28.8 Å². The van der Waals surface area contributed by atoms with Gasteiger partial charge < -0.3 is 29.4 Å². The second-order valence-corrected chi connectivity index (χ2v) is 8.72. The van der Waals surface area contributed by atoms with Gasteiger partial charge >= 0.3 is 6.09 Å². The summed E-state index contributed by atoms with van der Waals surface area (Å²) in [6.45, 7) is 3.99. The lowest BCUT2D eigenvalue weighted by Crippen LogP contribution is -2.39. The Bertz CT molecular complexity index is 1390. The van der Waals surface area contributed by atoms with Crippen LogP contribution in [-0.4, -0.2) is 82.2 Å². The zero-order chi connectivity index (χ0) is 23.9. The molecule has 35 heavy (non-hydrogen) atoms. The quantitative estimate of drug-likeness (QED) is 0.467. The van der Waals surface area contributed by atoms with E-state index in [1.165, 1.54) is 7.11 Å². The van der Waals surface area contributed by atoms with E-state index < -0.39 is 0 Å². The number of hydrogen-bond donors (Lipinski definition) is 1. The molecule has 5 heterocycles. The first-order chi connectivity index (χ1) is 17.1. The number of ether oxygens (including phenoxy) is 2. The van der Waals surface area contributed by atoms with E-state index in [2.05, 4.69) is 9.88 Å². The maximum Gasteiger partial charge on any atom is 0.409 e. The number of nitrogens with two attached hydrogens (primary N) is 1. The number of oxazole rings is 1. The number of aromatic nitrogens is 5. The molecule has 2 fully saturated rings. The molecule has 1 amide bonds. The molecular formula is C23H26N8O4. The summed E-state index contributed by atoms with van der Waals surface area (Å²) in [5.74, 6) is 1.42. The van der Waals surface area contributed by atoms with E-state index in [9.17, 15) is 4.79 Å². The highest BCUT2D eigenvalue weighted by atomic mass is 16.5. The molecule has 0 atom stereocenters. The van der Waals surface area contributed by atoms with Gasteiger partial charge in [-0.05, 0) is 31.0 Å². The molecule has 12 heteroatoms. The number of morpholine rings is 1. The number of carbonyl (C=O) groups excluding carboxylic acids is 1. The van der Waals surface area contributed by atoms with Crippen molar-refractivity contribution in [3.05, 3.63) is 24.4 Å². The normalized spacial score (nSPS) is 17.4. The highest BCUT2D eigenvalue weighted by Crippen LogP contribution is 2.33. The summed E-state index contributed by atoms with van der Waals surface area (Å²) < 4.78 is 17.8. The van der Waals surface area contributed by atoms with E-state index in [1.807, 2.05) is 29.1 Å². The van der Waals surface area contributed by atoms with E-state index in [4.69, 9.17) is 34.7 Å². The first-order valence-electron chi connectivity index (χ1n) is 11.7. The molecule has 2 aliphatic heterocycles. The predicted octanol–water partition coefficient (Wildman–Crippen LogP) is 2.46. The second kappa shape index (κ2) is 8.69. The Balaban J connectivity index is 1.42. The molecule has 0 saturated carbocycles. The highest BCUT2D eigenvalue weighted by Gasteiger charge is 2.28. The monoisotopic (exact) mass is 478 g/mol. The summed E-state index contributed by atoms with van der Waals surface area (Å²) in [6.07, 6.45) is 3.08. The summed E-state index contributed by atoms with van der Waals surface area (Å²) >= 11 is 0. The van der Waals surface area contributed by atoms with Crippen LogP contribution < -0.4 is 10.6 Å². The molecule has 0 spiro atoms. The zero-order valence-electron chi connectivity index (χ0n) is 19.4. The summed E-state index contributed by atoms with van der Waals surface area (Å²) in [5, 5.41) is 5.63. The first kappa shape index (κ1) is 21.6. The Labute approximate surface area is 200 Å². The third-order valence-corrected chi connectivity index (χ3v) is 6.65. The van der Waals surface area contributed by atoms with Gasteiger partial charge in [0.25, 0.3) is 6.01 Å². The number of hydrogen-bond acceptors (Lipinski definition) is 10. The van der Waals surface area contributed by atoms with E-state index in [1.54, 1.807) is 4.90 Å². The van der Waals surface area contributed by atoms with E-state index in [0.29, 0.717) is 43.2 Å². The number of piperidine rings is 1. The Morgan fingerprint density at radius 3 is 2.69 bits per heavy atom. The zero-order valence-corrected chi connectivity index (χ0v) is 19.4. The van der Waals surface area contributed by atoms with Crippen LogP contribution in [0.5, 0.6) is 0 Å². The fourth-order valence-electron chi connectivity index (χ4n) is 4.83. The third-order valence-electron chi connectivity index (χ3n) is 6.65. The Morgan fingerprint density at radius 2 is 1.91 bits per heavy atom. The van der Waals surface area contributed by atoms with Crippen LogP contribution in [-0.2, 0) is 9.47 Å². The number of rotatable bonds is 3. The van der Waals surface area contributed by atoms with E-state index in [-0.39, 0.29) is 18.1 Å². The van der Waals surface area contributed by atoms with Crippen LogP contribution in [0.4, 0.5) is 16.6 Å². The molecule has 0 bridgehead atoms. The average Bonchev–Trinajstić information content (AvgIpc) is 3.50. The molecule has 182 valence electrons. The SMILES string of the molecule is COC(=O)N1CCC(n2ncc3c(N4CCOCC4)nc(-c4ccc5oc(N)nc5c4)nc32)CC1. The molecule has 0 unspecified atom stereocenters. The van der Waals surface area contributed by atoms with Gasteiger partial charge in [0.05, 0.1) is 37.9 Å². The van der Waals surface area contributed by atoms with Crippen molar-refractivity contribution in [1.29, 1.82) is 0 Å². The lowest BCUT2D eigenvalue weighted by molar-refractivity contribution is 0.106. The maximum atomic E-state index is 11.9. The molecule has 2 saturated heterocycles. The number of carbonyl (C=O) groups is 1. The number of anilines is 2. The largest absolute Gasteiger partial charge is 0.453 e. The van der Waals surface area contributed by atoms with Crippen molar-refractivity contribution in [2.75, 3.05) is 57.1 Å². The van der Waals surface area contributed by atoms with Crippen molar-refractivity contribution in [2.24, 2.45) is 0 Å². The number of methoxy groups -OCH3 is 1. The van der Waals surface area contributed by atoms with Crippen LogP contribution in [0.1, 0.15) is 18.9 Å². The first-order valence-corrected chi connectivity index (χ1v) is 11.7. The smallest absolute Gasteiger partial charge is 0.409 e. The van der Waals surface area contributed by atoms with Crippen molar-refractivity contribution in [1.82, 2.24) is 29.6 Å². The van der Waals surface area contributed by atoms with Crippen molar-refractivity contribution in [2.45, 2.75) is 18.9 Å². The van der Waals surface area contributed by atoms with Crippen molar-refractivity contribution in [3.8, 4) is 11.4 Å². The fraction of sp³-hybridized carbons (Fsp3) is 0.435. The minimum Gasteiger partial charge on any atom is -0.453 e. The fourth-order valence-corrected chi connectivity index (χ4v) is 4.83. The van der Waals surface area contributed by atoms with Crippen molar-refractivity contribution >= 4 is 40.1 Å². The number of benzene rings is 1. The van der Waals surface area contributed by atoms with Crippen LogP contribution in [0.2, 0.25) is 0 Å². The van der Waals surface area contributed by atoms with Gasteiger partial charge in [-0.3, -0.25) is 0 Å². The van der Waals surface area contributed by atoms with Crippen LogP contribution in [0.3, 0.4) is 0 Å². The Morgan fingerprint density at radius 1 is 1.11 bits per heavy atom. The third kappa shape index (κ3) is 3.89. The summed E-state index contributed by atoms with van der Waals surface area (Å²) in [5.41, 5.74) is 8.58. The molecule has 0 aliphatic carbocycles. The highest BCUT2D eigenvalue weighted by molar-refractivity contribution is 5.89. The van der Waals surface area contributed by atoms with Gasteiger partial charge in [-0.25, -0.2) is 19.4 Å². The summed E-state index contributed by atoms with van der Waals surface area (Å²) in [6, 6.07) is 5.86. The molecule has 2 N–H and O–H groups in total. The summed E-state index contributed by atoms with van der Waals surface area (Å²) in [7, 11) is 1.41. The minimum absolute atomic E-state index is 0.117. The van der Waals surface area contributed by atoms with Crippen molar-refractivity contribution < 1.29 is 18.7 Å². The summed E-state index contributed by atoms with van der Waals surface area (Å²) in [4.78, 5) is 30.0. The lowest BCUT2D eigenvalue weighted by Gasteiger charge is -2.31. The van der Waals surface area contributed by atoms with Crippen LogP contribution >= 0.6 is 0 Å². The molecule has 3 aromatic heterocycles. The standard InChI is InChI=1S/C23H26N8O4/c1-33-23(32)30-6-4-15(5-7-30)31-21-16(13-25-31)20(29-8-10-34-11-9-29)27-19(28-21)14-2-3-18-17(12-14)26-22(24)35-18/h2-3,12-13,15H,4-11H2,1H3,(H2,24,26). The van der Waals surface area contributed by atoms with Crippen molar-refractivity contribution in [3.63, 3.8) is 0 Å². The van der Waals surface area contributed by atoms with Gasteiger partial charge in [0, 0.05) is 31.7 Å². The topological polar surface area (TPSA) is 138 Å². The van der Waals surface area contributed by atoms with Gasteiger partial charge in [0.2, 0.25) is 0 Å². The molecular weight excluding hydrogens is 452 g/mol. The minimum atomic E-state index is -0.295. The number of nitrogen functional groups attached to an aromatic ring is 1. The number of likely N-dealkylation sites (tertiary alicyclic amines) is 1. The van der Waals surface area contributed by atoms with Crippen LogP contribution in [0.25, 0.3) is 33.5 Å². The lowest BCUT2D eigenvalue weighted by atomic mass is 10.1. The molecule has 0 radical (unpaired) electrons. The van der Waals surface area contributed by atoms with E-state index in [0.717, 1.165) is 48.3 Å². The van der Waals surface area contributed by atoms with E-state index >= 15 is 0 Å².